The first kappa shape index (κ1) is 33.8. The number of carbonyl (C=O) groups excluding carboxylic acids is 1. The van der Waals surface area contributed by atoms with Gasteiger partial charge in [-0.2, -0.15) is 26.6 Å². The molecule has 248 valence electrons. The Morgan fingerprint density at radius 2 is 1.73 bits per heavy atom. The molecule has 45 heavy (non-hydrogen) atoms. The van der Waals surface area contributed by atoms with Crippen LogP contribution in [0.5, 0.6) is 0 Å². The summed E-state index contributed by atoms with van der Waals surface area (Å²) in [5, 5.41) is 4.56. The number of benzene rings is 1. The molecule has 1 amide bonds. The molecule has 2 unspecified atom stereocenters. The number of nitrogens with zero attached hydrogens (tertiary/aromatic N) is 6. The van der Waals surface area contributed by atoms with Gasteiger partial charge in [0.1, 0.15) is 12.0 Å². The lowest BCUT2D eigenvalue weighted by Crippen LogP contribution is -2.55. The van der Waals surface area contributed by atoms with Crippen LogP contribution >= 0.6 is 23.4 Å². The van der Waals surface area contributed by atoms with Crippen molar-refractivity contribution in [2.45, 2.75) is 41.9 Å². The number of aromatic nitrogens is 2. The number of hydrogen-bond donors (Lipinski definition) is 2. The van der Waals surface area contributed by atoms with Crippen molar-refractivity contribution >= 4 is 57.3 Å². The summed E-state index contributed by atoms with van der Waals surface area (Å²) in [5.41, 5.74) is -3.16. The van der Waals surface area contributed by atoms with Gasteiger partial charge in [0.2, 0.25) is 12.4 Å². The molecule has 2 aromatic rings. The van der Waals surface area contributed by atoms with Gasteiger partial charge in [-0.15, -0.1) is 11.8 Å². The summed E-state index contributed by atoms with van der Waals surface area (Å²) < 4.78 is 63.6. The second-order valence-corrected chi connectivity index (χ2v) is 14.0. The second-order valence-electron chi connectivity index (χ2n) is 11.0. The van der Waals surface area contributed by atoms with Crippen molar-refractivity contribution in [2.75, 3.05) is 79.8 Å². The zero-order chi connectivity index (χ0) is 32.2. The minimum absolute atomic E-state index is 0.0264. The van der Waals surface area contributed by atoms with Gasteiger partial charge in [0.15, 0.2) is 0 Å². The van der Waals surface area contributed by atoms with Crippen molar-refractivity contribution in [1.29, 1.82) is 0 Å². The number of nitrogens with one attached hydrogen (secondary N) is 1. The van der Waals surface area contributed by atoms with Crippen LogP contribution in [0.2, 0.25) is 5.02 Å². The summed E-state index contributed by atoms with van der Waals surface area (Å²) in [6.45, 7) is 7.42. The first-order valence-corrected chi connectivity index (χ1v) is 17.4. The summed E-state index contributed by atoms with van der Waals surface area (Å²) in [6.07, 6.45) is 4.09. The normalized spacial score (nSPS) is 22.8. The maximum absolute atomic E-state index is 11.3. The molecule has 3 fully saturated rings. The molecule has 1 aromatic carbocycles. The smallest absolute Gasteiger partial charge is 0.368 e. The molecule has 18 heteroatoms. The third-order valence-corrected chi connectivity index (χ3v) is 9.95. The molecule has 0 spiro atoms. The van der Waals surface area contributed by atoms with Gasteiger partial charge in [-0.1, -0.05) is 11.6 Å². The van der Waals surface area contributed by atoms with E-state index in [2.05, 4.69) is 32.1 Å². The van der Waals surface area contributed by atoms with Crippen molar-refractivity contribution in [3.63, 3.8) is 0 Å². The zero-order valence-electron chi connectivity index (χ0n) is 24.3. The summed E-state index contributed by atoms with van der Waals surface area (Å²) >= 11 is 7.93. The molecule has 2 atom stereocenters. The zero-order valence-corrected chi connectivity index (χ0v) is 26.7. The molecule has 4 aliphatic rings. The van der Waals surface area contributed by atoms with Crippen molar-refractivity contribution in [2.24, 2.45) is 0 Å². The lowest BCUT2D eigenvalue weighted by molar-refractivity contribution is -0.140. The first-order valence-electron chi connectivity index (χ1n) is 14.6. The number of ether oxygens (including phenoxy) is 1. The van der Waals surface area contributed by atoms with Crippen LogP contribution in [0.4, 0.5) is 30.6 Å². The Hall–Kier alpha value is -2.57. The highest BCUT2D eigenvalue weighted by atomic mass is 35.5. The van der Waals surface area contributed by atoms with Crippen LogP contribution < -0.4 is 15.1 Å². The number of piperazine rings is 1. The van der Waals surface area contributed by atoms with E-state index in [0.717, 1.165) is 87.5 Å². The molecule has 4 aliphatic heterocycles. The Morgan fingerprint density at radius 3 is 2.40 bits per heavy atom. The Bertz CT molecular complexity index is 1430. The van der Waals surface area contributed by atoms with Gasteiger partial charge in [-0.3, -0.25) is 14.2 Å². The molecule has 0 bridgehead atoms. The van der Waals surface area contributed by atoms with Gasteiger partial charge < -0.3 is 24.8 Å². The number of piperidine rings is 1. The first-order chi connectivity index (χ1) is 21.4. The van der Waals surface area contributed by atoms with Crippen LogP contribution in [-0.2, 0) is 26.1 Å². The molecule has 0 saturated carbocycles. The van der Waals surface area contributed by atoms with Gasteiger partial charge in [0.05, 0.1) is 23.7 Å². The predicted octanol–water partition coefficient (Wildman–Crippen LogP) is 3.19. The van der Waals surface area contributed by atoms with Gasteiger partial charge >= 0.3 is 15.6 Å². The molecular formula is C27H35ClF3N7O5S2. The van der Waals surface area contributed by atoms with E-state index in [-0.39, 0.29) is 6.23 Å². The van der Waals surface area contributed by atoms with Gasteiger partial charge in [0.25, 0.3) is 0 Å². The van der Waals surface area contributed by atoms with Crippen molar-refractivity contribution in [3.8, 4) is 0 Å². The number of halogens is 4. The molecule has 2 N–H and O–H groups in total. The highest BCUT2D eigenvalue weighted by Gasteiger charge is 2.44. The van der Waals surface area contributed by atoms with Gasteiger partial charge in [-0.25, -0.2) is 4.98 Å². The molecule has 5 heterocycles. The molecule has 1 aromatic heterocycles. The van der Waals surface area contributed by atoms with Crippen LogP contribution in [0.1, 0.15) is 18.5 Å². The van der Waals surface area contributed by atoms with Crippen molar-refractivity contribution in [1.82, 2.24) is 19.8 Å². The fourth-order valence-electron chi connectivity index (χ4n) is 5.66. The SMILES string of the molecule is O=CN1CCOC(N2CCCC(Nc3nc(N4CCN(c5ccc(Cl)cc5)CC4)nc4c3SCC4)C2)C1.O=S(=O)(O)C(F)(F)F. The van der Waals surface area contributed by atoms with Crippen molar-refractivity contribution < 1.29 is 35.7 Å². The fraction of sp³-hybridized carbons (Fsp3) is 0.593. The Balaban J connectivity index is 0.000000444. The molecule has 12 nitrogen and oxygen atoms in total. The number of fused-ring (bicyclic) bond motifs is 1. The summed E-state index contributed by atoms with van der Waals surface area (Å²) in [6, 6.07) is 8.37. The van der Waals surface area contributed by atoms with E-state index in [4.69, 9.17) is 39.3 Å². The maximum atomic E-state index is 11.3. The highest BCUT2D eigenvalue weighted by Crippen LogP contribution is 2.37. The van der Waals surface area contributed by atoms with E-state index < -0.39 is 15.6 Å². The number of hydrogen-bond acceptors (Lipinski definition) is 11. The number of aryl methyl sites for hydroxylation is 1. The Morgan fingerprint density at radius 1 is 1.04 bits per heavy atom. The average molecular weight is 694 g/mol. The minimum atomic E-state index is -5.84. The third kappa shape index (κ3) is 8.62. The van der Waals surface area contributed by atoms with E-state index in [1.165, 1.54) is 16.3 Å². The van der Waals surface area contributed by atoms with Crippen LogP contribution in [-0.4, -0.2) is 122 Å². The minimum Gasteiger partial charge on any atom is -0.368 e. The topological polar surface area (TPSA) is 131 Å². The number of anilines is 3. The van der Waals surface area contributed by atoms with Gasteiger partial charge in [0, 0.05) is 74.7 Å². The fourth-order valence-corrected chi connectivity index (χ4v) is 6.84. The quantitative estimate of drug-likeness (QED) is 0.262. The van der Waals surface area contributed by atoms with E-state index in [1.807, 2.05) is 28.8 Å². The van der Waals surface area contributed by atoms with Crippen LogP contribution in [0.15, 0.2) is 29.2 Å². The highest BCUT2D eigenvalue weighted by molar-refractivity contribution is 7.99. The number of amides is 1. The summed E-state index contributed by atoms with van der Waals surface area (Å²) in [4.78, 5) is 31.5. The van der Waals surface area contributed by atoms with Crippen molar-refractivity contribution in [3.05, 3.63) is 35.0 Å². The van der Waals surface area contributed by atoms with Gasteiger partial charge in [-0.05, 0) is 37.1 Å². The number of morpholine rings is 1. The Labute approximate surface area is 269 Å². The van der Waals surface area contributed by atoms with E-state index in [9.17, 15) is 18.0 Å². The number of carbonyl (C=O) groups is 1. The van der Waals surface area contributed by atoms with E-state index in [0.29, 0.717) is 25.7 Å². The van der Waals surface area contributed by atoms with E-state index in [1.54, 1.807) is 0 Å². The molecule has 0 radical (unpaired) electrons. The predicted molar refractivity (Wildman–Crippen MR) is 166 cm³/mol. The monoisotopic (exact) mass is 693 g/mol. The van der Waals surface area contributed by atoms with Crippen LogP contribution in [0.3, 0.4) is 0 Å². The standard InChI is InChI=1S/C26H34ClN7O2S.CHF3O3S/c27-19-3-5-21(6-4-19)32-9-11-33(12-10-32)26-29-22-7-15-37-24(22)25(30-26)28-20-2-1-8-34(16-20)23-17-31(18-35)13-14-36-23;2-1(3,4)8(5,6)7/h3-6,18,20,23H,1-2,7-17H2,(H,28,29,30);(H,5,6,7). The molecule has 3 saturated heterocycles. The second kappa shape index (κ2) is 14.5. The van der Waals surface area contributed by atoms with Crippen LogP contribution in [0.25, 0.3) is 0 Å². The number of rotatable bonds is 6. The lowest BCUT2D eigenvalue weighted by Gasteiger charge is -2.42. The Kier molecular flexibility index (Phi) is 10.9. The number of thioether (sulfide) groups is 1. The maximum Gasteiger partial charge on any atom is 0.522 e. The van der Waals surface area contributed by atoms with Crippen LogP contribution in [0, 0.1) is 0 Å². The molecule has 6 rings (SSSR count). The summed E-state index contributed by atoms with van der Waals surface area (Å²) in [5.74, 6) is 2.87. The molecule has 0 aliphatic carbocycles. The number of alkyl halides is 3. The average Bonchev–Trinajstić information content (AvgIpc) is 3.50. The largest absolute Gasteiger partial charge is 0.522 e. The summed E-state index contributed by atoms with van der Waals surface area (Å²) in [7, 11) is -5.84. The number of likely N-dealkylation sites (tertiary alicyclic amines) is 1. The molecular weight excluding hydrogens is 659 g/mol. The lowest BCUT2D eigenvalue weighted by atomic mass is 10.1. The third-order valence-electron chi connectivity index (χ3n) is 7.99. The van der Waals surface area contributed by atoms with E-state index >= 15 is 0 Å².